The second-order valence-corrected chi connectivity index (χ2v) is 7.17. The van der Waals surface area contributed by atoms with Crippen LogP contribution in [-0.2, 0) is 6.42 Å². The van der Waals surface area contributed by atoms with Crippen molar-refractivity contribution >= 4 is 16.8 Å². The van der Waals surface area contributed by atoms with Crippen LogP contribution in [0.4, 0.5) is 0 Å². The van der Waals surface area contributed by atoms with Crippen LogP contribution < -0.4 is 0 Å². The largest absolute Gasteiger partial charge is 0.361 e. The van der Waals surface area contributed by atoms with E-state index < -0.39 is 0 Å². The van der Waals surface area contributed by atoms with E-state index in [9.17, 15) is 4.79 Å². The van der Waals surface area contributed by atoms with Gasteiger partial charge in [0.1, 0.15) is 0 Å². The summed E-state index contributed by atoms with van der Waals surface area (Å²) in [4.78, 5) is 18.1. The molecule has 4 rings (SSSR count). The Balaban J connectivity index is 1.39. The topological polar surface area (TPSA) is 36.1 Å². The Morgan fingerprint density at radius 1 is 1.12 bits per heavy atom. The van der Waals surface area contributed by atoms with Gasteiger partial charge in [0, 0.05) is 35.8 Å². The lowest BCUT2D eigenvalue weighted by atomic mass is 9.90. The van der Waals surface area contributed by atoms with Crippen LogP contribution in [-0.4, -0.2) is 28.9 Å². The molecule has 2 heterocycles. The molecule has 0 unspecified atom stereocenters. The van der Waals surface area contributed by atoms with Crippen molar-refractivity contribution in [3.05, 3.63) is 71.4 Å². The highest BCUT2D eigenvalue weighted by Crippen LogP contribution is 2.26. The van der Waals surface area contributed by atoms with Crippen LogP contribution in [0.1, 0.15) is 34.3 Å². The molecule has 0 radical (unpaired) electrons. The number of piperidine rings is 1. The molecule has 0 spiro atoms. The van der Waals surface area contributed by atoms with Crippen molar-refractivity contribution in [1.82, 2.24) is 9.88 Å². The first-order valence-corrected chi connectivity index (χ1v) is 9.11. The first-order valence-electron chi connectivity index (χ1n) is 9.11. The molecule has 1 saturated heterocycles. The van der Waals surface area contributed by atoms with Crippen LogP contribution in [0.5, 0.6) is 0 Å². The van der Waals surface area contributed by atoms with Gasteiger partial charge >= 0.3 is 0 Å². The zero-order valence-corrected chi connectivity index (χ0v) is 14.7. The lowest BCUT2D eigenvalue weighted by Gasteiger charge is -2.32. The standard InChI is InChI=1S/C22H24N2O/c1-16-5-4-6-18(13-16)22(25)24-11-9-17(10-12-24)14-19-15-23-21-8-3-2-7-20(19)21/h2-8,13,15,17,23H,9-12,14H2,1H3. The van der Waals surface area contributed by atoms with E-state index in [-0.39, 0.29) is 5.91 Å². The van der Waals surface area contributed by atoms with E-state index in [1.54, 1.807) is 0 Å². The van der Waals surface area contributed by atoms with Gasteiger partial charge in [-0.2, -0.15) is 0 Å². The summed E-state index contributed by atoms with van der Waals surface area (Å²) in [5, 5.41) is 1.33. The molecule has 0 saturated carbocycles. The third-order valence-electron chi connectivity index (χ3n) is 5.35. The van der Waals surface area contributed by atoms with Gasteiger partial charge in [-0.1, -0.05) is 35.9 Å². The van der Waals surface area contributed by atoms with E-state index in [0.717, 1.165) is 43.5 Å². The zero-order valence-electron chi connectivity index (χ0n) is 14.7. The van der Waals surface area contributed by atoms with Crippen molar-refractivity contribution < 1.29 is 4.79 Å². The van der Waals surface area contributed by atoms with Gasteiger partial charge in [0.15, 0.2) is 0 Å². The van der Waals surface area contributed by atoms with Gasteiger partial charge in [-0.25, -0.2) is 0 Å². The van der Waals surface area contributed by atoms with Crippen molar-refractivity contribution in [3.63, 3.8) is 0 Å². The Hall–Kier alpha value is -2.55. The predicted molar refractivity (Wildman–Crippen MR) is 102 cm³/mol. The number of aryl methyl sites for hydroxylation is 1. The number of H-pyrrole nitrogens is 1. The van der Waals surface area contributed by atoms with Gasteiger partial charge in [0.25, 0.3) is 5.91 Å². The smallest absolute Gasteiger partial charge is 0.253 e. The Kier molecular flexibility index (Phi) is 4.31. The Bertz CT molecular complexity index is 888. The third kappa shape index (κ3) is 3.32. The van der Waals surface area contributed by atoms with Gasteiger partial charge in [-0.15, -0.1) is 0 Å². The molecule has 0 aliphatic carbocycles. The van der Waals surface area contributed by atoms with E-state index in [0.29, 0.717) is 5.92 Å². The van der Waals surface area contributed by atoms with Crippen molar-refractivity contribution in [3.8, 4) is 0 Å². The fourth-order valence-corrected chi connectivity index (χ4v) is 3.91. The first kappa shape index (κ1) is 15.9. The number of likely N-dealkylation sites (tertiary alicyclic amines) is 1. The van der Waals surface area contributed by atoms with Gasteiger partial charge < -0.3 is 9.88 Å². The van der Waals surface area contributed by atoms with Crippen LogP contribution in [0.15, 0.2) is 54.7 Å². The minimum atomic E-state index is 0.175. The van der Waals surface area contributed by atoms with E-state index in [1.165, 1.54) is 16.5 Å². The van der Waals surface area contributed by atoms with Crippen LogP contribution in [0.25, 0.3) is 10.9 Å². The minimum absolute atomic E-state index is 0.175. The fourth-order valence-electron chi connectivity index (χ4n) is 3.91. The maximum atomic E-state index is 12.7. The second-order valence-electron chi connectivity index (χ2n) is 7.17. The molecule has 1 aliphatic rings. The molecule has 3 heteroatoms. The summed E-state index contributed by atoms with van der Waals surface area (Å²) < 4.78 is 0. The van der Waals surface area contributed by atoms with Gasteiger partial charge in [-0.3, -0.25) is 4.79 Å². The molecule has 1 aromatic heterocycles. The highest BCUT2D eigenvalue weighted by atomic mass is 16.2. The van der Waals surface area contributed by atoms with Crippen molar-refractivity contribution in [2.75, 3.05) is 13.1 Å². The molecule has 128 valence electrons. The Morgan fingerprint density at radius 2 is 1.92 bits per heavy atom. The summed E-state index contributed by atoms with van der Waals surface area (Å²) in [6, 6.07) is 16.4. The van der Waals surface area contributed by atoms with E-state index in [1.807, 2.05) is 36.1 Å². The lowest BCUT2D eigenvalue weighted by Crippen LogP contribution is -2.38. The minimum Gasteiger partial charge on any atom is -0.361 e. The summed E-state index contributed by atoms with van der Waals surface area (Å²) >= 11 is 0. The van der Waals surface area contributed by atoms with Gasteiger partial charge in [-0.05, 0) is 55.9 Å². The van der Waals surface area contributed by atoms with Crippen molar-refractivity contribution in [2.45, 2.75) is 26.2 Å². The quantitative estimate of drug-likeness (QED) is 0.749. The molecule has 3 nitrogen and oxygen atoms in total. The molecule has 1 N–H and O–H groups in total. The second kappa shape index (κ2) is 6.75. The summed E-state index contributed by atoms with van der Waals surface area (Å²) in [5.41, 5.74) is 4.57. The number of para-hydroxylation sites is 1. The zero-order chi connectivity index (χ0) is 17.2. The van der Waals surface area contributed by atoms with E-state index in [4.69, 9.17) is 0 Å². The molecular weight excluding hydrogens is 308 g/mol. The SMILES string of the molecule is Cc1cccc(C(=O)N2CCC(Cc3c[nH]c4ccccc34)CC2)c1. The third-order valence-corrected chi connectivity index (χ3v) is 5.35. The number of fused-ring (bicyclic) bond motifs is 1. The number of nitrogens with one attached hydrogen (secondary N) is 1. The molecule has 1 fully saturated rings. The molecule has 0 bridgehead atoms. The Morgan fingerprint density at radius 3 is 2.72 bits per heavy atom. The molecular formula is C22H24N2O. The van der Waals surface area contributed by atoms with Crippen molar-refractivity contribution in [2.24, 2.45) is 5.92 Å². The van der Waals surface area contributed by atoms with E-state index in [2.05, 4.69) is 35.4 Å². The fraction of sp³-hybridized carbons (Fsp3) is 0.318. The van der Waals surface area contributed by atoms with E-state index >= 15 is 0 Å². The number of carbonyl (C=O) groups excluding carboxylic acids is 1. The molecule has 3 aromatic rings. The van der Waals surface area contributed by atoms with Crippen molar-refractivity contribution in [1.29, 1.82) is 0 Å². The number of benzene rings is 2. The normalized spacial score (nSPS) is 15.6. The van der Waals surface area contributed by atoms with Crippen LogP contribution >= 0.6 is 0 Å². The lowest BCUT2D eigenvalue weighted by molar-refractivity contribution is 0.0690. The molecule has 0 atom stereocenters. The number of hydrogen-bond donors (Lipinski definition) is 1. The number of rotatable bonds is 3. The first-order chi connectivity index (χ1) is 12.2. The molecule has 1 amide bonds. The number of amides is 1. The summed E-state index contributed by atoms with van der Waals surface area (Å²) in [5.74, 6) is 0.829. The number of carbonyl (C=O) groups is 1. The average Bonchev–Trinajstić information content (AvgIpc) is 3.05. The number of nitrogens with zero attached hydrogens (tertiary/aromatic N) is 1. The number of aromatic nitrogens is 1. The summed E-state index contributed by atoms with van der Waals surface area (Å²) in [6.07, 6.45) is 5.40. The highest BCUT2D eigenvalue weighted by molar-refractivity contribution is 5.94. The molecule has 25 heavy (non-hydrogen) atoms. The molecule has 2 aromatic carbocycles. The highest BCUT2D eigenvalue weighted by Gasteiger charge is 2.24. The van der Waals surface area contributed by atoms with Crippen LogP contribution in [0.2, 0.25) is 0 Å². The number of hydrogen-bond acceptors (Lipinski definition) is 1. The maximum Gasteiger partial charge on any atom is 0.253 e. The maximum absolute atomic E-state index is 12.7. The van der Waals surface area contributed by atoms with Gasteiger partial charge in [0.05, 0.1) is 0 Å². The predicted octanol–water partition coefficient (Wildman–Crippen LogP) is 4.57. The van der Waals surface area contributed by atoms with Gasteiger partial charge in [0.2, 0.25) is 0 Å². The number of aromatic amines is 1. The summed E-state index contributed by atoms with van der Waals surface area (Å²) in [7, 11) is 0. The Labute approximate surface area is 148 Å². The monoisotopic (exact) mass is 332 g/mol. The average molecular weight is 332 g/mol. The van der Waals surface area contributed by atoms with Crippen LogP contribution in [0.3, 0.4) is 0 Å². The van der Waals surface area contributed by atoms with Crippen LogP contribution in [0, 0.1) is 12.8 Å². The summed E-state index contributed by atoms with van der Waals surface area (Å²) in [6.45, 7) is 3.75. The molecule has 1 aliphatic heterocycles.